The Balaban J connectivity index is 1.56. The van der Waals surface area contributed by atoms with Gasteiger partial charge >= 0.3 is 11.7 Å². The highest BCUT2D eigenvalue weighted by molar-refractivity contribution is 6.07. The highest BCUT2D eigenvalue weighted by atomic mass is 16.6. The van der Waals surface area contributed by atoms with Crippen LogP contribution in [0.2, 0.25) is 0 Å². The Bertz CT molecular complexity index is 1310. The van der Waals surface area contributed by atoms with Gasteiger partial charge in [-0.15, -0.1) is 0 Å². The van der Waals surface area contributed by atoms with Crippen LogP contribution in [-0.4, -0.2) is 61.6 Å². The van der Waals surface area contributed by atoms with Crippen LogP contribution in [0.5, 0.6) is 5.75 Å². The molecule has 1 N–H and O–H groups in total. The molecule has 0 bridgehead atoms. The van der Waals surface area contributed by atoms with E-state index in [-0.39, 0.29) is 23.6 Å². The van der Waals surface area contributed by atoms with Crippen LogP contribution in [-0.2, 0) is 11.3 Å². The molecule has 0 aliphatic carbocycles. The van der Waals surface area contributed by atoms with E-state index in [1.807, 2.05) is 18.2 Å². The Labute approximate surface area is 220 Å². The number of anilines is 2. The number of nitro groups is 1. The number of benzene rings is 3. The van der Waals surface area contributed by atoms with Crippen molar-refractivity contribution in [1.29, 1.82) is 0 Å². The van der Waals surface area contributed by atoms with E-state index in [9.17, 15) is 19.7 Å². The van der Waals surface area contributed by atoms with Crippen molar-refractivity contribution in [2.24, 2.45) is 0 Å². The lowest BCUT2D eigenvalue weighted by atomic mass is 10.1. The molecule has 3 aromatic rings. The van der Waals surface area contributed by atoms with Crippen LogP contribution in [0.1, 0.15) is 33.2 Å². The van der Waals surface area contributed by atoms with E-state index in [4.69, 9.17) is 9.47 Å². The Kier molecular flexibility index (Phi) is 8.55. The summed E-state index contributed by atoms with van der Waals surface area (Å²) in [5, 5.41) is 14.3. The summed E-state index contributed by atoms with van der Waals surface area (Å²) in [6, 6.07) is 19.4. The molecule has 4 rings (SSSR count). The highest BCUT2D eigenvalue weighted by Crippen LogP contribution is 2.31. The molecule has 0 saturated carbocycles. The number of rotatable bonds is 9. The summed E-state index contributed by atoms with van der Waals surface area (Å²) in [7, 11) is 1.33. The molecule has 1 saturated heterocycles. The minimum atomic E-state index is -0.600. The second-order valence-corrected chi connectivity index (χ2v) is 8.80. The largest absolute Gasteiger partial charge is 0.490 e. The van der Waals surface area contributed by atoms with Crippen LogP contribution in [0, 0.1) is 10.1 Å². The van der Waals surface area contributed by atoms with E-state index in [1.165, 1.54) is 30.9 Å². The Morgan fingerprint density at radius 2 is 1.68 bits per heavy atom. The maximum Gasteiger partial charge on any atom is 0.338 e. The van der Waals surface area contributed by atoms with Crippen molar-refractivity contribution in [2.45, 2.75) is 13.5 Å². The monoisotopic (exact) mass is 518 g/mol. The van der Waals surface area contributed by atoms with Gasteiger partial charge in [0, 0.05) is 44.4 Å². The number of nitrogens with zero attached hydrogens (tertiary/aromatic N) is 3. The lowest BCUT2D eigenvalue weighted by Gasteiger charge is -2.37. The number of esters is 1. The third kappa shape index (κ3) is 6.27. The summed E-state index contributed by atoms with van der Waals surface area (Å²) in [5.74, 6) is -0.979. The molecule has 10 nitrogen and oxygen atoms in total. The van der Waals surface area contributed by atoms with Crippen LogP contribution >= 0.6 is 0 Å². The molecule has 38 heavy (non-hydrogen) atoms. The fourth-order valence-corrected chi connectivity index (χ4v) is 4.41. The van der Waals surface area contributed by atoms with Gasteiger partial charge in [-0.3, -0.25) is 19.8 Å². The number of piperazine rings is 1. The van der Waals surface area contributed by atoms with E-state index >= 15 is 0 Å². The van der Waals surface area contributed by atoms with Crippen molar-refractivity contribution in [3.05, 3.63) is 93.5 Å². The van der Waals surface area contributed by atoms with E-state index < -0.39 is 16.8 Å². The number of hydrogen-bond acceptors (Lipinski definition) is 8. The number of amides is 1. The van der Waals surface area contributed by atoms with Gasteiger partial charge in [0.25, 0.3) is 5.91 Å². The van der Waals surface area contributed by atoms with Crippen LogP contribution < -0.4 is 15.0 Å². The molecule has 1 aliphatic rings. The smallest absolute Gasteiger partial charge is 0.338 e. The molecule has 3 aromatic carbocycles. The number of carbonyl (C=O) groups is 2. The first-order valence-corrected chi connectivity index (χ1v) is 12.4. The van der Waals surface area contributed by atoms with Crippen LogP contribution in [0.15, 0.2) is 66.7 Å². The molecular formula is C28H30N4O6. The van der Waals surface area contributed by atoms with Gasteiger partial charge < -0.3 is 19.7 Å². The minimum absolute atomic E-state index is 0.0601. The number of carbonyl (C=O) groups excluding carboxylic acids is 2. The number of hydrogen-bond donors (Lipinski definition) is 1. The number of ether oxygens (including phenoxy) is 2. The van der Waals surface area contributed by atoms with Crippen molar-refractivity contribution in [1.82, 2.24) is 4.90 Å². The summed E-state index contributed by atoms with van der Waals surface area (Å²) in [5.41, 5.74) is 2.52. The normalized spacial score (nSPS) is 13.6. The third-order valence-corrected chi connectivity index (χ3v) is 6.36. The summed E-state index contributed by atoms with van der Waals surface area (Å²) in [6.07, 6.45) is 0. The summed E-state index contributed by atoms with van der Waals surface area (Å²) >= 11 is 0. The highest BCUT2D eigenvalue weighted by Gasteiger charge is 2.23. The van der Waals surface area contributed by atoms with E-state index in [1.54, 1.807) is 25.1 Å². The van der Waals surface area contributed by atoms with Gasteiger partial charge in [-0.1, -0.05) is 30.3 Å². The Hall–Kier alpha value is -4.44. The molecule has 1 aliphatic heterocycles. The number of nitrogens with one attached hydrogen (secondary N) is 1. The van der Waals surface area contributed by atoms with Gasteiger partial charge in [0.1, 0.15) is 0 Å². The van der Waals surface area contributed by atoms with Gasteiger partial charge in [-0.05, 0) is 42.8 Å². The van der Waals surface area contributed by atoms with Gasteiger partial charge in [0.05, 0.1) is 35.6 Å². The van der Waals surface area contributed by atoms with Crippen LogP contribution in [0.3, 0.4) is 0 Å². The first-order valence-electron chi connectivity index (χ1n) is 12.4. The SMILES string of the molecule is CCOC(=O)c1ccc(N2CCN(Cc3ccccc3)CC2)c(NC(=O)c2ccc(OC)c([N+](=O)[O-])c2)c1. The Morgan fingerprint density at radius 3 is 2.34 bits per heavy atom. The average molecular weight is 519 g/mol. The fraction of sp³-hybridized carbons (Fsp3) is 0.286. The molecule has 198 valence electrons. The number of nitro benzene ring substituents is 1. The molecule has 0 unspecified atom stereocenters. The van der Waals surface area contributed by atoms with Crippen molar-refractivity contribution in [3.8, 4) is 5.75 Å². The molecule has 0 radical (unpaired) electrons. The van der Waals surface area contributed by atoms with Crippen molar-refractivity contribution in [3.63, 3.8) is 0 Å². The quantitative estimate of drug-likeness (QED) is 0.253. The zero-order valence-electron chi connectivity index (χ0n) is 21.4. The van der Waals surface area contributed by atoms with Gasteiger partial charge in [0.2, 0.25) is 0 Å². The lowest BCUT2D eigenvalue weighted by Crippen LogP contribution is -2.46. The molecule has 10 heteroatoms. The maximum absolute atomic E-state index is 13.2. The second kappa shape index (κ2) is 12.2. The summed E-state index contributed by atoms with van der Waals surface area (Å²) < 4.78 is 10.2. The van der Waals surface area contributed by atoms with Crippen molar-refractivity contribution in [2.75, 3.05) is 50.1 Å². The van der Waals surface area contributed by atoms with E-state index in [0.29, 0.717) is 11.3 Å². The lowest BCUT2D eigenvalue weighted by molar-refractivity contribution is -0.385. The summed E-state index contributed by atoms with van der Waals surface area (Å²) in [4.78, 5) is 40.9. The van der Waals surface area contributed by atoms with Crippen LogP contribution in [0.4, 0.5) is 17.1 Å². The molecule has 0 aromatic heterocycles. The van der Waals surface area contributed by atoms with E-state index in [0.717, 1.165) is 38.4 Å². The maximum atomic E-state index is 13.2. The van der Waals surface area contributed by atoms with Gasteiger partial charge in [0.15, 0.2) is 5.75 Å². The third-order valence-electron chi connectivity index (χ3n) is 6.36. The predicted molar refractivity (Wildman–Crippen MR) is 144 cm³/mol. The zero-order valence-corrected chi connectivity index (χ0v) is 21.4. The standard InChI is InChI=1S/C28H30N4O6/c1-3-38-28(34)22-9-11-24(31-15-13-30(14-16-31)19-20-7-5-4-6-8-20)23(17-22)29-27(33)21-10-12-26(37-2)25(18-21)32(35)36/h4-12,17-18H,3,13-16,19H2,1-2H3,(H,29,33). The predicted octanol–water partition coefficient (Wildman–Crippen LogP) is 4.35. The van der Waals surface area contributed by atoms with Crippen molar-refractivity contribution >= 4 is 28.9 Å². The molecule has 1 amide bonds. The fourth-order valence-electron chi connectivity index (χ4n) is 4.41. The topological polar surface area (TPSA) is 114 Å². The number of methoxy groups -OCH3 is 1. The van der Waals surface area contributed by atoms with Gasteiger partial charge in [-0.25, -0.2) is 4.79 Å². The Morgan fingerprint density at radius 1 is 0.974 bits per heavy atom. The molecule has 1 fully saturated rings. The molecule has 0 atom stereocenters. The molecule has 0 spiro atoms. The summed E-state index contributed by atoms with van der Waals surface area (Å²) in [6.45, 7) is 5.90. The molecular weight excluding hydrogens is 488 g/mol. The zero-order chi connectivity index (χ0) is 27.1. The molecule has 1 heterocycles. The minimum Gasteiger partial charge on any atom is -0.490 e. The van der Waals surface area contributed by atoms with Crippen LogP contribution in [0.25, 0.3) is 0 Å². The second-order valence-electron chi connectivity index (χ2n) is 8.80. The first-order chi connectivity index (χ1) is 18.4. The van der Waals surface area contributed by atoms with Crippen molar-refractivity contribution < 1.29 is 24.0 Å². The van der Waals surface area contributed by atoms with Gasteiger partial charge in [-0.2, -0.15) is 0 Å². The average Bonchev–Trinajstić information content (AvgIpc) is 2.93. The first kappa shape index (κ1) is 26.6. The van der Waals surface area contributed by atoms with E-state index in [2.05, 4.69) is 27.2 Å².